The molecule has 0 aromatic heterocycles. The molecule has 0 atom stereocenters. The number of nitrogens with zero attached hydrogens (tertiary/aromatic N) is 1. The summed E-state index contributed by atoms with van der Waals surface area (Å²) in [6, 6.07) is 4.82. The molecule has 0 saturated carbocycles. The third-order valence-electron chi connectivity index (χ3n) is 2.30. The van der Waals surface area contributed by atoms with E-state index in [-0.39, 0.29) is 11.1 Å². The molecule has 0 aliphatic heterocycles. The van der Waals surface area contributed by atoms with Crippen LogP contribution in [0.15, 0.2) is 12.1 Å². The van der Waals surface area contributed by atoms with Crippen LogP contribution in [0.4, 0.5) is 0 Å². The van der Waals surface area contributed by atoms with Crippen molar-refractivity contribution < 1.29 is 14.3 Å². The Morgan fingerprint density at radius 3 is 2.69 bits per heavy atom. The Balaban J connectivity index is 3.50. The van der Waals surface area contributed by atoms with E-state index in [9.17, 15) is 9.59 Å². The molecule has 0 N–H and O–H groups in total. The average Bonchev–Trinajstić information content (AvgIpc) is 2.35. The maximum absolute atomic E-state index is 11.5. The molecule has 0 aliphatic carbocycles. The summed E-state index contributed by atoms with van der Waals surface area (Å²) in [5.74, 6) is -0.531. The van der Waals surface area contributed by atoms with Gasteiger partial charge in [0.2, 0.25) is 0 Å². The lowest BCUT2D eigenvalue weighted by atomic mass is 9.96. The molecule has 0 aliphatic rings. The summed E-state index contributed by atoms with van der Waals surface area (Å²) in [6.45, 7) is 1.83. The van der Waals surface area contributed by atoms with Gasteiger partial charge in [-0.05, 0) is 24.1 Å². The van der Waals surface area contributed by atoms with Crippen LogP contribution in [0.2, 0.25) is 0 Å². The van der Waals surface area contributed by atoms with Gasteiger partial charge in [0, 0.05) is 5.56 Å². The molecule has 0 saturated heterocycles. The zero-order valence-electron chi connectivity index (χ0n) is 9.11. The van der Waals surface area contributed by atoms with E-state index in [1.807, 2.05) is 13.0 Å². The van der Waals surface area contributed by atoms with Crippen molar-refractivity contribution in [2.24, 2.45) is 0 Å². The molecular formula is C12H11NO3. The number of carbonyl (C=O) groups excluding carboxylic acids is 2. The number of carbonyl (C=O) groups is 2. The standard InChI is InChI=1S/C12H11NO3/c1-3-10-9(7-14)4-8(6-13)5-11(10)12(15)16-2/h4-5,7H,3H2,1-2H3. The van der Waals surface area contributed by atoms with Gasteiger partial charge in [0.25, 0.3) is 0 Å². The molecule has 4 heteroatoms. The van der Waals surface area contributed by atoms with Crippen LogP contribution in [0.5, 0.6) is 0 Å². The van der Waals surface area contributed by atoms with Crippen molar-refractivity contribution in [3.8, 4) is 6.07 Å². The second-order valence-electron chi connectivity index (χ2n) is 3.17. The summed E-state index contributed by atoms with van der Waals surface area (Å²) in [4.78, 5) is 22.3. The fraction of sp³-hybridized carbons (Fsp3) is 0.250. The zero-order valence-corrected chi connectivity index (χ0v) is 9.11. The van der Waals surface area contributed by atoms with E-state index in [0.29, 0.717) is 23.8 Å². The number of ether oxygens (including phenoxy) is 1. The summed E-state index contributed by atoms with van der Waals surface area (Å²) in [5, 5.41) is 8.78. The number of benzene rings is 1. The van der Waals surface area contributed by atoms with Gasteiger partial charge in [0.15, 0.2) is 0 Å². The first-order valence-electron chi connectivity index (χ1n) is 4.78. The third kappa shape index (κ3) is 2.09. The van der Waals surface area contributed by atoms with Crippen LogP contribution in [0.1, 0.15) is 38.8 Å². The minimum atomic E-state index is -0.531. The third-order valence-corrected chi connectivity index (χ3v) is 2.30. The normalized spacial score (nSPS) is 9.31. The minimum Gasteiger partial charge on any atom is -0.465 e. The molecule has 0 bridgehead atoms. The predicted molar refractivity (Wildman–Crippen MR) is 57.3 cm³/mol. The van der Waals surface area contributed by atoms with Crippen molar-refractivity contribution in [3.05, 3.63) is 34.4 Å². The van der Waals surface area contributed by atoms with E-state index >= 15 is 0 Å². The Hall–Kier alpha value is -2.15. The minimum absolute atomic E-state index is 0.278. The van der Waals surface area contributed by atoms with E-state index in [0.717, 1.165) is 0 Å². The lowest BCUT2D eigenvalue weighted by Crippen LogP contribution is -2.08. The monoisotopic (exact) mass is 217 g/mol. The number of hydrogen-bond donors (Lipinski definition) is 0. The van der Waals surface area contributed by atoms with E-state index in [1.165, 1.54) is 19.2 Å². The Labute approximate surface area is 93.5 Å². The summed E-state index contributed by atoms with van der Waals surface area (Å²) in [5.41, 5.74) is 1.54. The molecule has 1 aromatic carbocycles. The van der Waals surface area contributed by atoms with E-state index in [2.05, 4.69) is 4.74 Å². The summed E-state index contributed by atoms with van der Waals surface area (Å²) >= 11 is 0. The van der Waals surface area contributed by atoms with Crippen LogP contribution in [-0.4, -0.2) is 19.4 Å². The number of hydrogen-bond acceptors (Lipinski definition) is 4. The van der Waals surface area contributed by atoms with Crippen molar-refractivity contribution in [1.29, 1.82) is 5.26 Å². The Morgan fingerprint density at radius 1 is 1.56 bits per heavy atom. The van der Waals surface area contributed by atoms with Gasteiger partial charge in [-0.1, -0.05) is 6.92 Å². The largest absolute Gasteiger partial charge is 0.465 e. The van der Waals surface area contributed by atoms with Gasteiger partial charge in [0.05, 0.1) is 24.3 Å². The number of rotatable bonds is 3. The maximum atomic E-state index is 11.5. The van der Waals surface area contributed by atoms with Gasteiger partial charge in [0.1, 0.15) is 6.29 Å². The fourth-order valence-electron chi connectivity index (χ4n) is 1.55. The van der Waals surface area contributed by atoms with E-state index in [4.69, 9.17) is 5.26 Å². The Bertz CT molecular complexity index is 472. The van der Waals surface area contributed by atoms with Crippen LogP contribution < -0.4 is 0 Å². The lowest BCUT2D eigenvalue weighted by Gasteiger charge is -2.08. The number of methoxy groups -OCH3 is 1. The molecule has 0 radical (unpaired) electrons. The summed E-state index contributed by atoms with van der Waals surface area (Å²) in [6.07, 6.45) is 1.18. The molecule has 0 unspecified atom stereocenters. The number of aldehydes is 1. The van der Waals surface area contributed by atoms with Crippen LogP contribution in [0.25, 0.3) is 0 Å². The molecule has 1 rings (SSSR count). The van der Waals surface area contributed by atoms with Crippen molar-refractivity contribution >= 4 is 12.3 Å². The molecule has 0 fully saturated rings. The molecular weight excluding hydrogens is 206 g/mol. The first kappa shape index (κ1) is 11.9. The molecule has 4 nitrogen and oxygen atoms in total. The Morgan fingerprint density at radius 2 is 2.25 bits per heavy atom. The molecule has 0 heterocycles. The SMILES string of the molecule is CCc1c(C=O)cc(C#N)cc1C(=O)OC. The highest BCUT2D eigenvalue weighted by Crippen LogP contribution is 2.18. The topological polar surface area (TPSA) is 67.2 Å². The second-order valence-corrected chi connectivity index (χ2v) is 3.17. The summed E-state index contributed by atoms with van der Waals surface area (Å²) < 4.78 is 4.61. The van der Waals surface area contributed by atoms with Gasteiger partial charge < -0.3 is 4.74 Å². The van der Waals surface area contributed by atoms with Gasteiger partial charge in [-0.15, -0.1) is 0 Å². The van der Waals surface area contributed by atoms with Crippen LogP contribution >= 0.6 is 0 Å². The first-order valence-corrected chi connectivity index (χ1v) is 4.78. The smallest absolute Gasteiger partial charge is 0.338 e. The van der Waals surface area contributed by atoms with Gasteiger partial charge in [-0.25, -0.2) is 4.79 Å². The van der Waals surface area contributed by atoms with Crippen molar-refractivity contribution in [3.63, 3.8) is 0 Å². The Kier molecular flexibility index (Phi) is 3.78. The molecule has 0 spiro atoms. The molecule has 82 valence electrons. The number of esters is 1. The highest BCUT2D eigenvalue weighted by Gasteiger charge is 2.15. The van der Waals surface area contributed by atoms with Crippen LogP contribution in [-0.2, 0) is 11.2 Å². The highest BCUT2D eigenvalue weighted by atomic mass is 16.5. The van der Waals surface area contributed by atoms with Gasteiger partial charge in [-0.2, -0.15) is 5.26 Å². The lowest BCUT2D eigenvalue weighted by molar-refractivity contribution is 0.0599. The highest BCUT2D eigenvalue weighted by molar-refractivity contribution is 5.94. The molecule has 0 amide bonds. The van der Waals surface area contributed by atoms with Crippen LogP contribution in [0, 0.1) is 11.3 Å². The average molecular weight is 217 g/mol. The second kappa shape index (κ2) is 5.08. The molecule has 16 heavy (non-hydrogen) atoms. The maximum Gasteiger partial charge on any atom is 0.338 e. The quantitative estimate of drug-likeness (QED) is 0.571. The van der Waals surface area contributed by atoms with Crippen LogP contribution in [0.3, 0.4) is 0 Å². The first-order chi connectivity index (χ1) is 7.67. The van der Waals surface area contributed by atoms with Crippen molar-refractivity contribution in [2.45, 2.75) is 13.3 Å². The van der Waals surface area contributed by atoms with Crippen molar-refractivity contribution in [1.82, 2.24) is 0 Å². The molecule has 1 aromatic rings. The fourth-order valence-corrected chi connectivity index (χ4v) is 1.55. The summed E-state index contributed by atoms with van der Waals surface area (Å²) in [7, 11) is 1.27. The predicted octanol–water partition coefficient (Wildman–Crippen LogP) is 1.72. The van der Waals surface area contributed by atoms with Crippen molar-refractivity contribution in [2.75, 3.05) is 7.11 Å². The zero-order chi connectivity index (χ0) is 12.1. The van der Waals surface area contributed by atoms with E-state index < -0.39 is 5.97 Å². The van der Waals surface area contributed by atoms with Gasteiger partial charge in [-0.3, -0.25) is 4.79 Å². The number of nitriles is 1. The van der Waals surface area contributed by atoms with E-state index in [1.54, 1.807) is 0 Å². The van der Waals surface area contributed by atoms with Gasteiger partial charge >= 0.3 is 5.97 Å².